The molecular weight excluding hydrogens is 430 g/mol. The molecule has 31 heavy (non-hydrogen) atoms. The highest BCUT2D eigenvalue weighted by atomic mass is 32.2. The second-order valence-corrected chi connectivity index (χ2v) is 8.72. The van der Waals surface area contributed by atoms with E-state index in [0.717, 1.165) is 0 Å². The molecule has 0 saturated heterocycles. The number of methoxy groups -OCH3 is 1. The number of sulfonamides is 1. The minimum absolute atomic E-state index is 0.0748. The van der Waals surface area contributed by atoms with E-state index in [1.54, 1.807) is 13.8 Å². The zero-order chi connectivity index (χ0) is 22.6. The largest absolute Gasteiger partial charge is 0.486 e. The van der Waals surface area contributed by atoms with Gasteiger partial charge in [-0.1, -0.05) is 13.8 Å². The predicted molar refractivity (Wildman–Crippen MR) is 106 cm³/mol. The maximum Gasteiger partial charge on any atom is 0.341 e. The molecule has 1 aromatic heterocycles. The molecule has 0 fully saturated rings. The number of esters is 2. The number of carbonyl (C=O) groups excluding carboxylic acids is 2. The van der Waals surface area contributed by atoms with Crippen molar-refractivity contribution in [3.8, 4) is 11.5 Å². The second-order valence-electron chi connectivity index (χ2n) is 7.01. The fourth-order valence-electron chi connectivity index (χ4n) is 2.85. The normalized spacial score (nSPS) is 14.2. The summed E-state index contributed by atoms with van der Waals surface area (Å²) in [7, 11) is -2.85. The molecule has 0 unspecified atom stereocenters. The van der Waals surface area contributed by atoms with Crippen LogP contribution in [0.25, 0.3) is 0 Å². The molecule has 1 aliphatic heterocycles. The number of rotatable bonds is 8. The third-order valence-corrected chi connectivity index (χ3v) is 5.96. The molecule has 0 spiro atoms. The average Bonchev–Trinajstić information content (AvgIpc) is 3.23. The lowest BCUT2D eigenvalue weighted by Gasteiger charge is -2.22. The summed E-state index contributed by atoms with van der Waals surface area (Å²) in [5.74, 6) is -1.02. The van der Waals surface area contributed by atoms with Crippen molar-refractivity contribution in [2.75, 3.05) is 20.3 Å². The van der Waals surface area contributed by atoms with Gasteiger partial charge in [-0.3, -0.25) is 4.79 Å². The van der Waals surface area contributed by atoms with Gasteiger partial charge in [0.25, 0.3) is 0 Å². The summed E-state index contributed by atoms with van der Waals surface area (Å²) in [4.78, 5) is 24.2. The Labute approximate surface area is 179 Å². The Kier molecular flexibility index (Phi) is 6.86. The van der Waals surface area contributed by atoms with E-state index >= 15 is 0 Å². The van der Waals surface area contributed by atoms with Crippen molar-refractivity contribution in [3.63, 3.8) is 0 Å². The zero-order valence-electron chi connectivity index (χ0n) is 17.2. The van der Waals surface area contributed by atoms with Crippen LogP contribution in [0, 0.1) is 5.92 Å². The average molecular weight is 453 g/mol. The first-order chi connectivity index (χ1) is 14.7. The quantitative estimate of drug-likeness (QED) is 0.595. The smallest absolute Gasteiger partial charge is 0.341 e. The van der Waals surface area contributed by atoms with E-state index in [2.05, 4.69) is 9.46 Å². The van der Waals surface area contributed by atoms with Crippen LogP contribution in [0.2, 0.25) is 0 Å². The molecule has 2 heterocycles. The van der Waals surface area contributed by atoms with Gasteiger partial charge in [0.1, 0.15) is 31.4 Å². The van der Waals surface area contributed by atoms with Gasteiger partial charge in [0, 0.05) is 6.07 Å². The summed E-state index contributed by atoms with van der Waals surface area (Å²) in [5.41, 5.74) is 0.119. The van der Waals surface area contributed by atoms with E-state index in [1.807, 2.05) is 0 Å². The molecular formula is C20H23NO9S. The van der Waals surface area contributed by atoms with Gasteiger partial charge in [-0.15, -0.1) is 0 Å². The van der Waals surface area contributed by atoms with E-state index in [-0.39, 0.29) is 22.8 Å². The van der Waals surface area contributed by atoms with Crippen molar-refractivity contribution in [1.82, 2.24) is 4.72 Å². The lowest BCUT2D eigenvalue weighted by atomic mass is 10.1. The maximum absolute atomic E-state index is 12.9. The molecule has 3 rings (SSSR count). The topological polar surface area (TPSA) is 130 Å². The fraction of sp³-hybridized carbons (Fsp3) is 0.400. The lowest BCUT2D eigenvalue weighted by molar-refractivity contribution is -0.148. The van der Waals surface area contributed by atoms with E-state index < -0.39 is 33.9 Å². The number of hydrogen-bond acceptors (Lipinski definition) is 9. The standard InChI is InChI=1S/C20H23NO9S/c1-12(2)18(20(23)30-11-17-14(6-7-27-17)19(22)26-3)21-31(24,25)13-4-5-15-16(10-13)29-9-8-28-15/h4-7,10,12,18,21H,8-9,11H2,1-3H3/t18-/m1/s1. The van der Waals surface area contributed by atoms with E-state index in [0.29, 0.717) is 24.7 Å². The summed E-state index contributed by atoms with van der Waals surface area (Å²) in [6.45, 7) is 3.68. The van der Waals surface area contributed by atoms with Crippen molar-refractivity contribution in [1.29, 1.82) is 0 Å². The Morgan fingerprint density at radius 1 is 1.13 bits per heavy atom. The number of furan rings is 1. The second kappa shape index (κ2) is 9.40. The van der Waals surface area contributed by atoms with Crippen LogP contribution in [0.5, 0.6) is 11.5 Å². The number of nitrogens with one attached hydrogen (secondary N) is 1. The van der Waals surface area contributed by atoms with Crippen molar-refractivity contribution < 1.29 is 41.4 Å². The minimum Gasteiger partial charge on any atom is -0.486 e. The Balaban J connectivity index is 1.72. The highest BCUT2D eigenvalue weighted by molar-refractivity contribution is 7.89. The highest BCUT2D eigenvalue weighted by Gasteiger charge is 2.31. The number of carbonyl (C=O) groups is 2. The van der Waals surface area contributed by atoms with E-state index in [4.69, 9.17) is 18.6 Å². The number of ether oxygens (including phenoxy) is 4. The maximum atomic E-state index is 12.9. The first-order valence-electron chi connectivity index (χ1n) is 9.46. The van der Waals surface area contributed by atoms with Crippen molar-refractivity contribution in [2.45, 2.75) is 31.4 Å². The molecule has 10 nitrogen and oxygen atoms in total. The van der Waals surface area contributed by atoms with Gasteiger partial charge in [0.15, 0.2) is 17.3 Å². The molecule has 0 bridgehead atoms. The van der Waals surface area contributed by atoms with Crippen LogP contribution in [0.15, 0.2) is 39.8 Å². The van der Waals surface area contributed by atoms with Gasteiger partial charge in [0.2, 0.25) is 10.0 Å². The Hall–Kier alpha value is -3.05. The molecule has 168 valence electrons. The molecule has 1 atom stereocenters. The minimum atomic E-state index is -4.06. The fourth-order valence-corrected chi connectivity index (χ4v) is 4.20. The summed E-state index contributed by atoms with van der Waals surface area (Å²) >= 11 is 0. The van der Waals surface area contributed by atoms with Gasteiger partial charge < -0.3 is 23.4 Å². The lowest BCUT2D eigenvalue weighted by Crippen LogP contribution is -2.45. The molecule has 1 N–H and O–H groups in total. The Morgan fingerprint density at radius 3 is 2.52 bits per heavy atom. The first-order valence-corrected chi connectivity index (χ1v) is 10.9. The van der Waals surface area contributed by atoms with Gasteiger partial charge in [-0.2, -0.15) is 4.72 Å². The molecule has 0 aliphatic carbocycles. The van der Waals surface area contributed by atoms with Gasteiger partial charge in [-0.05, 0) is 24.1 Å². The molecule has 0 amide bonds. The van der Waals surface area contributed by atoms with Crippen molar-refractivity contribution in [3.05, 3.63) is 41.9 Å². The van der Waals surface area contributed by atoms with Crippen molar-refractivity contribution in [2.24, 2.45) is 5.92 Å². The molecule has 0 saturated carbocycles. The number of fused-ring (bicyclic) bond motifs is 1. The highest BCUT2D eigenvalue weighted by Crippen LogP contribution is 2.32. The molecule has 1 aromatic carbocycles. The van der Waals surface area contributed by atoms with Crippen LogP contribution < -0.4 is 14.2 Å². The monoisotopic (exact) mass is 453 g/mol. The summed E-state index contributed by atoms with van der Waals surface area (Å²) in [6, 6.07) is 4.42. The third-order valence-electron chi connectivity index (χ3n) is 4.52. The van der Waals surface area contributed by atoms with Crippen molar-refractivity contribution >= 4 is 22.0 Å². The van der Waals surface area contributed by atoms with Crippen LogP contribution in [0.4, 0.5) is 0 Å². The summed E-state index contributed by atoms with van der Waals surface area (Å²) in [5, 5.41) is 0. The van der Waals surface area contributed by atoms with Gasteiger partial charge in [0.05, 0.1) is 18.3 Å². The van der Waals surface area contributed by atoms with Crippen LogP contribution in [-0.2, 0) is 30.9 Å². The summed E-state index contributed by atoms with van der Waals surface area (Å²) < 4.78 is 53.9. The van der Waals surface area contributed by atoms with Crippen LogP contribution in [0.3, 0.4) is 0 Å². The third kappa shape index (κ3) is 5.17. The molecule has 2 aromatic rings. The number of benzene rings is 1. The Morgan fingerprint density at radius 2 is 1.84 bits per heavy atom. The van der Waals surface area contributed by atoms with Gasteiger partial charge in [-0.25, -0.2) is 13.2 Å². The molecule has 1 aliphatic rings. The molecule has 0 radical (unpaired) electrons. The SMILES string of the molecule is COC(=O)c1ccoc1COC(=O)[C@H](NS(=O)(=O)c1ccc2c(c1)OCCO2)C(C)C. The van der Waals surface area contributed by atoms with E-state index in [9.17, 15) is 18.0 Å². The first kappa shape index (κ1) is 22.6. The Bertz CT molecular complexity index is 1060. The van der Waals surface area contributed by atoms with Gasteiger partial charge >= 0.3 is 11.9 Å². The van der Waals surface area contributed by atoms with Crippen LogP contribution >= 0.6 is 0 Å². The predicted octanol–water partition coefficient (Wildman–Crippen LogP) is 1.88. The van der Waals surface area contributed by atoms with Crippen LogP contribution in [0.1, 0.15) is 30.0 Å². The summed E-state index contributed by atoms with van der Waals surface area (Å²) in [6.07, 6.45) is 1.26. The number of hydrogen-bond donors (Lipinski definition) is 1. The van der Waals surface area contributed by atoms with Crippen LogP contribution in [-0.4, -0.2) is 46.7 Å². The van der Waals surface area contributed by atoms with E-state index in [1.165, 1.54) is 37.6 Å². The zero-order valence-corrected chi connectivity index (χ0v) is 18.1. The molecule has 11 heteroatoms.